The van der Waals surface area contributed by atoms with Gasteiger partial charge in [0, 0.05) is 23.4 Å². The van der Waals surface area contributed by atoms with Crippen LogP contribution in [0.3, 0.4) is 0 Å². The minimum atomic E-state index is -0.608. The van der Waals surface area contributed by atoms with Crippen molar-refractivity contribution in [2.24, 2.45) is 0 Å². The largest absolute Gasteiger partial charge is 0.507 e. The highest BCUT2D eigenvalue weighted by atomic mass is 32.1. The first-order valence-electron chi connectivity index (χ1n) is 11.5. The van der Waals surface area contributed by atoms with Crippen LogP contribution in [0.5, 0.6) is 5.75 Å². The van der Waals surface area contributed by atoms with Crippen LogP contribution in [-0.4, -0.2) is 26.0 Å². The zero-order valence-corrected chi connectivity index (χ0v) is 20.7. The molecule has 190 valence electrons. The maximum Gasteiger partial charge on any atom is 0.293 e. The first-order valence-corrected chi connectivity index (χ1v) is 11.9. The molecule has 0 saturated carbocycles. The number of aromatic nitrogens is 1. The Hall–Kier alpha value is -5.03. The highest BCUT2D eigenvalue weighted by molar-refractivity contribution is 7.80. The number of hydrogen-bond acceptors (Lipinski definition) is 8. The van der Waals surface area contributed by atoms with Crippen LogP contribution >= 0.6 is 12.2 Å². The average molecular weight is 529 g/mol. The summed E-state index contributed by atoms with van der Waals surface area (Å²) in [4.78, 5) is 27.7. The highest BCUT2D eigenvalue weighted by Crippen LogP contribution is 2.33. The summed E-state index contributed by atoms with van der Waals surface area (Å²) in [5, 5.41) is 26.8. The van der Waals surface area contributed by atoms with E-state index in [0.717, 1.165) is 12.0 Å². The molecule has 0 aliphatic heterocycles. The number of non-ortho nitro benzene ring substituents is 1. The number of nitro benzene ring substituents is 1. The number of carbonyl (C=O) groups excluding carboxylic acids is 1. The number of carbonyl (C=O) groups is 1. The molecule has 38 heavy (non-hydrogen) atoms. The molecule has 0 atom stereocenters. The Bertz CT molecular complexity index is 1710. The van der Waals surface area contributed by atoms with Crippen LogP contribution in [0.1, 0.15) is 23.0 Å². The fraction of sp³-hybridized carbons (Fsp3) is 0.0741. The Morgan fingerprint density at radius 1 is 1.08 bits per heavy atom. The molecule has 2 heterocycles. The van der Waals surface area contributed by atoms with E-state index in [1.54, 1.807) is 24.3 Å². The summed E-state index contributed by atoms with van der Waals surface area (Å²) >= 11 is 5.27. The Labute approximate surface area is 221 Å². The fourth-order valence-electron chi connectivity index (χ4n) is 3.81. The maximum absolute atomic E-state index is 12.7. The summed E-state index contributed by atoms with van der Waals surface area (Å²) in [6, 6.07) is 19.3. The molecule has 5 rings (SSSR count). The molecule has 0 radical (unpaired) electrons. The standard InChI is InChI=1S/C27H20N4O6S/c1-2-15-6-9-23-20(12-15)29-26(37-23)19-14-17(7-8-21(19)32)28-27(38)30-25(33)24-11-10-22(36-24)16-4-3-5-18(13-16)31(34)35/h3-14,32H,2H2,1H3,(H2,28,30,33,38). The molecule has 0 spiro atoms. The van der Waals surface area contributed by atoms with E-state index >= 15 is 0 Å². The molecule has 3 aromatic carbocycles. The topological polar surface area (TPSA) is 144 Å². The molecule has 0 aliphatic rings. The number of aryl methyl sites for hydroxylation is 1. The number of anilines is 1. The van der Waals surface area contributed by atoms with Gasteiger partial charge in [0.25, 0.3) is 11.6 Å². The molecule has 1 amide bonds. The zero-order valence-electron chi connectivity index (χ0n) is 19.9. The molecular formula is C27H20N4O6S. The van der Waals surface area contributed by atoms with Gasteiger partial charge < -0.3 is 19.3 Å². The number of nitrogens with zero attached hydrogens (tertiary/aromatic N) is 2. The van der Waals surface area contributed by atoms with E-state index in [2.05, 4.69) is 15.6 Å². The number of nitro groups is 1. The van der Waals surface area contributed by atoms with Crippen molar-refractivity contribution < 1.29 is 23.7 Å². The van der Waals surface area contributed by atoms with E-state index in [1.807, 2.05) is 25.1 Å². The average Bonchev–Trinajstić information content (AvgIpc) is 3.57. The number of phenols is 1. The second-order valence-electron chi connectivity index (χ2n) is 8.29. The summed E-state index contributed by atoms with van der Waals surface area (Å²) < 4.78 is 11.4. The molecule has 5 aromatic rings. The van der Waals surface area contributed by atoms with Gasteiger partial charge in [-0.1, -0.05) is 25.1 Å². The van der Waals surface area contributed by atoms with E-state index in [1.165, 1.54) is 30.3 Å². The second kappa shape index (κ2) is 10.1. The van der Waals surface area contributed by atoms with Crippen molar-refractivity contribution in [3.05, 3.63) is 94.2 Å². The fourth-order valence-corrected chi connectivity index (χ4v) is 4.02. The lowest BCUT2D eigenvalue weighted by atomic mass is 10.1. The van der Waals surface area contributed by atoms with Crippen LogP contribution in [0, 0.1) is 10.1 Å². The Morgan fingerprint density at radius 3 is 2.71 bits per heavy atom. The van der Waals surface area contributed by atoms with Crippen molar-refractivity contribution in [3.8, 4) is 28.5 Å². The molecule has 0 bridgehead atoms. The third-order valence-electron chi connectivity index (χ3n) is 5.74. The minimum Gasteiger partial charge on any atom is -0.507 e. The molecule has 2 aromatic heterocycles. The van der Waals surface area contributed by atoms with Crippen LogP contribution in [0.15, 0.2) is 81.6 Å². The van der Waals surface area contributed by atoms with E-state index in [0.29, 0.717) is 33.7 Å². The van der Waals surface area contributed by atoms with Crippen LogP contribution in [0.4, 0.5) is 11.4 Å². The number of benzene rings is 3. The molecule has 0 saturated heterocycles. The molecule has 11 heteroatoms. The van der Waals surface area contributed by atoms with Gasteiger partial charge in [-0.05, 0) is 66.7 Å². The Balaban J connectivity index is 1.29. The van der Waals surface area contributed by atoms with Crippen LogP contribution in [0.25, 0.3) is 33.9 Å². The van der Waals surface area contributed by atoms with Crippen molar-refractivity contribution in [1.82, 2.24) is 10.3 Å². The number of rotatable bonds is 6. The number of hydrogen-bond donors (Lipinski definition) is 3. The van der Waals surface area contributed by atoms with Crippen molar-refractivity contribution >= 4 is 45.7 Å². The van der Waals surface area contributed by atoms with Gasteiger partial charge >= 0.3 is 0 Å². The number of oxazole rings is 1. The van der Waals surface area contributed by atoms with Crippen molar-refractivity contribution in [2.45, 2.75) is 13.3 Å². The number of nitrogens with one attached hydrogen (secondary N) is 2. The lowest BCUT2D eigenvalue weighted by Gasteiger charge is -2.10. The third kappa shape index (κ3) is 5.08. The number of thiocarbonyl (C=S) groups is 1. The van der Waals surface area contributed by atoms with Crippen LogP contribution < -0.4 is 10.6 Å². The normalized spacial score (nSPS) is 10.9. The Kier molecular flexibility index (Phi) is 6.58. The van der Waals surface area contributed by atoms with Crippen molar-refractivity contribution in [2.75, 3.05) is 5.32 Å². The number of amides is 1. The van der Waals surface area contributed by atoms with Crippen molar-refractivity contribution in [1.29, 1.82) is 0 Å². The number of aromatic hydroxyl groups is 1. The number of fused-ring (bicyclic) bond motifs is 1. The van der Waals surface area contributed by atoms with Gasteiger partial charge in [0.2, 0.25) is 5.89 Å². The molecule has 0 unspecified atom stereocenters. The van der Waals surface area contributed by atoms with Gasteiger partial charge in [0.05, 0.1) is 10.5 Å². The van der Waals surface area contributed by atoms with Crippen molar-refractivity contribution in [3.63, 3.8) is 0 Å². The first kappa shape index (κ1) is 24.7. The van der Waals surface area contributed by atoms with E-state index in [9.17, 15) is 20.0 Å². The van der Waals surface area contributed by atoms with Gasteiger partial charge in [0.15, 0.2) is 16.5 Å². The summed E-state index contributed by atoms with van der Waals surface area (Å²) in [6.45, 7) is 2.05. The maximum atomic E-state index is 12.7. The van der Waals surface area contributed by atoms with Crippen LogP contribution in [-0.2, 0) is 6.42 Å². The quantitative estimate of drug-likeness (QED) is 0.104. The smallest absolute Gasteiger partial charge is 0.293 e. The third-order valence-corrected chi connectivity index (χ3v) is 5.95. The van der Waals surface area contributed by atoms with Gasteiger partial charge in [-0.25, -0.2) is 4.98 Å². The molecule has 0 fully saturated rings. The lowest BCUT2D eigenvalue weighted by molar-refractivity contribution is -0.384. The van der Waals surface area contributed by atoms with Crippen LogP contribution in [0.2, 0.25) is 0 Å². The SMILES string of the molecule is CCc1ccc2oc(-c3cc(NC(=S)NC(=O)c4ccc(-c5cccc([N+](=O)[O-])c5)o4)ccc3O)nc2c1. The van der Waals surface area contributed by atoms with Gasteiger partial charge in [0.1, 0.15) is 17.0 Å². The van der Waals surface area contributed by atoms with E-state index < -0.39 is 10.8 Å². The minimum absolute atomic E-state index is 0.00917. The Morgan fingerprint density at radius 2 is 1.92 bits per heavy atom. The predicted octanol–water partition coefficient (Wildman–Crippen LogP) is 6.06. The molecule has 0 aliphatic carbocycles. The molecule has 3 N–H and O–H groups in total. The number of furan rings is 1. The second-order valence-corrected chi connectivity index (χ2v) is 8.69. The highest BCUT2D eigenvalue weighted by Gasteiger charge is 2.17. The monoisotopic (exact) mass is 528 g/mol. The van der Waals surface area contributed by atoms with Gasteiger partial charge in [-0.2, -0.15) is 0 Å². The van der Waals surface area contributed by atoms with E-state index in [-0.39, 0.29) is 28.2 Å². The first-order chi connectivity index (χ1) is 18.3. The summed E-state index contributed by atoms with van der Waals surface area (Å²) in [6.07, 6.45) is 0.861. The summed E-state index contributed by atoms with van der Waals surface area (Å²) in [7, 11) is 0. The van der Waals surface area contributed by atoms with Gasteiger partial charge in [-0.15, -0.1) is 0 Å². The predicted molar refractivity (Wildman–Crippen MR) is 145 cm³/mol. The molecular weight excluding hydrogens is 508 g/mol. The van der Waals surface area contributed by atoms with E-state index in [4.69, 9.17) is 21.1 Å². The zero-order chi connectivity index (χ0) is 26.8. The molecule has 10 nitrogen and oxygen atoms in total. The number of phenolic OH excluding ortho intramolecular Hbond substituents is 1. The summed E-state index contributed by atoms with van der Waals surface area (Å²) in [5.74, 6) is -0.125. The van der Waals surface area contributed by atoms with Gasteiger partial charge in [-0.3, -0.25) is 20.2 Å². The lowest BCUT2D eigenvalue weighted by Crippen LogP contribution is -2.33. The summed E-state index contributed by atoms with van der Waals surface area (Å²) in [5.41, 5.74) is 3.60.